The van der Waals surface area contributed by atoms with Crippen LogP contribution in [0.25, 0.3) is 0 Å². The number of nitrogens with one attached hydrogen (secondary N) is 1. The summed E-state index contributed by atoms with van der Waals surface area (Å²) < 4.78 is 0. The summed E-state index contributed by atoms with van der Waals surface area (Å²) >= 11 is 1.68. The maximum Gasteiger partial charge on any atom is 0.238 e. The van der Waals surface area contributed by atoms with E-state index in [1.807, 2.05) is 4.90 Å². The molecule has 3 rings (SSSR count). The minimum absolute atomic E-state index is 0.0892. The lowest BCUT2D eigenvalue weighted by Gasteiger charge is -2.26. The van der Waals surface area contributed by atoms with Crippen LogP contribution in [0.4, 0.5) is 0 Å². The maximum absolute atomic E-state index is 11.9. The standard InChI is InChI=1S/C13H19N3OS/c17-12-9-14-13(11-3-8-18-10-11)16(12)7-6-15-4-1-2-5-15/h3,8,10,13-14H,1-2,4-7,9H2. The Hall–Kier alpha value is -0.910. The Morgan fingerprint density at radius 2 is 2.17 bits per heavy atom. The van der Waals surface area contributed by atoms with Crippen molar-refractivity contribution in [2.24, 2.45) is 0 Å². The van der Waals surface area contributed by atoms with E-state index in [2.05, 4.69) is 27.0 Å². The van der Waals surface area contributed by atoms with E-state index in [-0.39, 0.29) is 12.1 Å². The summed E-state index contributed by atoms with van der Waals surface area (Å²) in [5.74, 6) is 0.227. The van der Waals surface area contributed by atoms with E-state index >= 15 is 0 Å². The highest BCUT2D eigenvalue weighted by molar-refractivity contribution is 7.07. The van der Waals surface area contributed by atoms with Gasteiger partial charge in [0.15, 0.2) is 0 Å². The Bertz CT molecular complexity index is 400. The zero-order valence-corrected chi connectivity index (χ0v) is 11.3. The summed E-state index contributed by atoms with van der Waals surface area (Å²) in [5, 5.41) is 7.49. The molecule has 0 aromatic carbocycles. The number of nitrogens with zero attached hydrogens (tertiary/aromatic N) is 2. The van der Waals surface area contributed by atoms with Crippen LogP contribution in [-0.2, 0) is 4.79 Å². The molecule has 0 spiro atoms. The molecule has 2 aliphatic rings. The molecule has 0 aliphatic carbocycles. The van der Waals surface area contributed by atoms with Crippen LogP contribution >= 0.6 is 11.3 Å². The van der Waals surface area contributed by atoms with E-state index in [1.54, 1.807) is 11.3 Å². The van der Waals surface area contributed by atoms with E-state index in [4.69, 9.17) is 0 Å². The van der Waals surface area contributed by atoms with Crippen LogP contribution in [0.15, 0.2) is 16.8 Å². The van der Waals surface area contributed by atoms with Gasteiger partial charge in [-0.3, -0.25) is 10.1 Å². The minimum atomic E-state index is 0.0892. The van der Waals surface area contributed by atoms with Gasteiger partial charge in [0.1, 0.15) is 6.17 Å². The van der Waals surface area contributed by atoms with Crippen molar-refractivity contribution in [2.45, 2.75) is 19.0 Å². The second-order valence-corrected chi connectivity index (χ2v) is 5.76. The Kier molecular flexibility index (Phi) is 3.63. The third-order valence-corrected chi connectivity index (χ3v) is 4.49. The molecule has 3 heterocycles. The van der Waals surface area contributed by atoms with Crippen molar-refractivity contribution in [1.82, 2.24) is 15.1 Å². The Balaban J connectivity index is 1.62. The molecule has 1 aromatic heterocycles. The number of carbonyl (C=O) groups is 1. The van der Waals surface area contributed by atoms with Gasteiger partial charge >= 0.3 is 0 Å². The van der Waals surface area contributed by atoms with Crippen LogP contribution in [-0.4, -0.2) is 48.4 Å². The van der Waals surface area contributed by atoms with Crippen molar-refractivity contribution >= 4 is 17.2 Å². The van der Waals surface area contributed by atoms with Crippen LogP contribution in [0.3, 0.4) is 0 Å². The first-order valence-corrected chi connectivity index (χ1v) is 7.56. The fourth-order valence-electron chi connectivity index (χ4n) is 2.78. The first kappa shape index (κ1) is 12.1. The molecule has 1 atom stereocenters. The molecule has 18 heavy (non-hydrogen) atoms. The van der Waals surface area contributed by atoms with Crippen LogP contribution in [0.5, 0.6) is 0 Å². The molecule has 5 heteroatoms. The summed E-state index contributed by atoms with van der Waals surface area (Å²) in [7, 11) is 0. The molecule has 0 saturated carbocycles. The lowest BCUT2D eigenvalue weighted by atomic mass is 10.2. The zero-order valence-electron chi connectivity index (χ0n) is 10.5. The number of carbonyl (C=O) groups excluding carboxylic acids is 1. The summed E-state index contributed by atoms with van der Waals surface area (Å²) in [6.45, 7) is 4.71. The number of rotatable bonds is 4. The van der Waals surface area contributed by atoms with Gasteiger partial charge in [0.2, 0.25) is 5.91 Å². The van der Waals surface area contributed by atoms with Crippen molar-refractivity contribution in [3.05, 3.63) is 22.4 Å². The highest BCUT2D eigenvalue weighted by Gasteiger charge is 2.31. The van der Waals surface area contributed by atoms with Crippen molar-refractivity contribution in [3.63, 3.8) is 0 Å². The average molecular weight is 265 g/mol. The fourth-order valence-corrected chi connectivity index (χ4v) is 3.46. The monoisotopic (exact) mass is 265 g/mol. The zero-order chi connectivity index (χ0) is 12.4. The summed E-state index contributed by atoms with van der Waals surface area (Å²) in [4.78, 5) is 16.4. The van der Waals surface area contributed by atoms with Gasteiger partial charge in [0.25, 0.3) is 0 Å². The van der Waals surface area contributed by atoms with Crippen molar-refractivity contribution in [2.75, 3.05) is 32.7 Å². The van der Waals surface area contributed by atoms with E-state index < -0.39 is 0 Å². The number of thiophene rings is 1. The first-order valence-electron chi connectivity index (χ1n) is 6.62. The summed E-state index contributed by atoms with van der Waals surface area (Å²) in [6.07, 6.45) is 2.70. The second kappa shape index (κ2) is 5.38. The fraction of sp³-hybridized carbons (Fsp3) is 0.615. The van der Waals surface area contributed by atoms with Gasteiger partial charge in [0.05, 0.1) is 6.54 Å². The van der Waals surface area contributed by atoms with E-state index in [0.717, 1.165) is 13.1 Å². The molecule has 4 nitrogen and oxygen atoms in total. The normalized spacial score (nSPS) is 25.2. The van der Waals surface area contributed by atoms with Gasteiger partial charge < -0.3 is 9.80 Å². The SMILES string of the molecule is O=C1CNC(c2ccsc2)N1CCN1CCCC1. The average Bonchev–Trinajstić information content (AvgIpc) is 3.08. The van der Waals surface area contributed by atoms with Gasteiger partial charge in [0, 0.05) is 13.1 Å². The molecule has 1 aromatic rings. The molecule has 2 saturated heterocycles. The Labute approximate surface area is 112 Å². The van der Waals surface area contributed by atoms with Crippen molar-refractivity contribution in [3.8, 4) is 0 Å². The number of hydrogen-bond acceptors (Lipinski definition) is 4. The molecule has 2 fully saturated rings. The van der Waals surface area contributed by atoms with E-state index in [0.29, 0.717) is 6.54 Å². The molecule has 98 valence electrons. The van der Waals surface area contributed by atoms with Crippen LogP contribution in [0, 0.1) is 0 Å². The van der Waals surface area contributed by atoms with Gasteiger partial charge in [-0.1, -0.05) is 0 Å². The molecule has 0 radical (unpaired) electrons. The molecule has 1 N–H and O–H groups in total. The minimum Gasteiger partial charge on any atom is -0.321 e. The van der Waals surface area contributed by atoms with Crippen LogP contribution in [0.2, 0.25) is 0 Å². The molecule has 1 amide bonds. The quantitative estimate of drug-likeness (QED) is 0.890. The lowest BCUT2D eigenvalue weighted by Crippen LogP contribution is -2.37. The van der Waals surface area contributed by atoms with Gasteiger partial charge in [-0.15, -0.1) is 0 Å². The smallest absolute Gasteiger partial charge is 0.238 e. The number of likely N-dealkylation sites (tertiary alicyclic amines) is 1. The predicted molar refractivity (Wildman–Crippen MR) is 72.4 cm³/mol. The molecular weight excluding hydrogens is 246 g/mol. The second-order valence-electron chi connectivity index (χ2n) is 4.98. The summed E-state index contributed by atoms with van der Waals surface area (Å²) in [6, 6.07) is 2.10. The Morgan fingerprint density at radius 3 is 2.89 bits per heavy atom. The number of hydrogen-bond donors (Lipinski definition) is 1. The molecule has 1 unspecified atom stereocenters. The third kappa shape index (κ3) is 2.43. The number of amides is 1. The van der Waals surface area contributed by atoms with E-state index in [1.165, 1.54) is 31.5 Å². The van der Waals surface area contributed by atoms with Gasteiger partial charge in [-0.25, -0.2) is 0 Å². The topological polar surface area (TPSA) is 35.6 Å². The highest BCUT2D eigenvalue weighted by Crippen LogP contribution is 2.24. The van der Waals surface area contributed by atoms with Crippen LogP contribution in [0.1, 0.15) is 24.6 Å². The highest BCUT2D eigenvalue weighted by atomic mass is 32.1. The lowest BCUT2D eigenvalue weighted by molar-refractivity contribution is -0.128. The van der Waals surface area contributed by atoms with Crippen LogP contribution < -0.4 is 5.32 Å². The summed E-state index contributed by atoms with van der Waals surface area (Å²) in [5.41, 5.74) is 1.22. The third-order valence-electron chi connectivity index (χ3n) is 3.79. The van der Waals surface area contributed by atoms with E-state index in [9.17, 15) is 4.79 Å². The van der Waals surface area contributed by atoms with Crippen molar-refractivity contribution < 1.29 is 4.79 Å². The maximum atomic E-state index is 11.9. The molecule has 0 bridgehead atoms. The molecular formula is C13H19N3OS. The largest absolute Gasteiger partial charge is 0.321 e. The van der Waals surface area contributed by atoms with Gasteiger partial charge in [-0.05, 0) is 48.3 Å². The predicted octanol–water partition coefficient (Wildman–Crippen LogP) is 1.27. The Morgan fingerprint density at radius 1 is 1.33 bits per heavy atom. The first-order chi connectivity index (χ1) is 8.84. The van der Waals surface area contributed by atoms with Gasteiger partial charge in [-0.2, -0.15) is 11.3 Å². The molecule has 2 aliphatic heterocycles. The van der Waals surface area contributed by atoms with Crippen molar-refractivity contribution in [1.29, 1.82) is 0 Å².